The van der Waals surface area contributed by atoms with E-state index in [1.54, 1.807) is 0 Å². The third-order valence-corrected chi connectivity index (χ3v) is 6.51. The molecule has 1 aliphatic heterocycles. The van der Waals surface area contributed by atoms with E-state index in [9.17, 15) is 9.59 Å². The fourth-order valence-corrected chi connectivity index (χ4v) is 5.01. The van der Waals surface area contributed by atoms with Gasteiger partial charge >= 0.3 is 5.97 Å². The number of hydrogen-bond donors (Lipinski definition) is 0. The van der Waals surface area contributed by atoms with E-state index in [4.69, 9.17) is 14.5 Å². The van der Waals surface area contributed by atoms with Gasteiger partial charge in [0.05, 0.1) is 18.1 Å². The van der Waals surface area contributed by atoms with Crippen LogP contribution in [0.5, 0.6) is 5.75 Å². The van der Waals surface area contributed by atoms with E-state index < -0.39 is 17.8 Å². The Morgan fingerprint density at radius 1 is 1.03 bits per heavy atom. The van der Waals surface area contributed by atoms with Gasteiger partial charge in [-0.25, -0.2) is 4.79 Å². The molecule has 0 N–H and O–H groups in total. The van der Waals surface area contributed by atoms with Gasteiger partial charge in [-0.2, -0.15) is 0 Å². The number of Topliss-reactive ketones (excluding diaryl/α,β-unsaturated/α-hetero) is 1. The first-order valence-corrected chi connectivity index (χ1v) is 12.0. The smallest absolute Gasteiger partial charge is 0.336 e. The number of carbonyl (C=O) groups excluding carboxylic acids is 2. The molecule has 1 heterocycles. The predicted octanol–water partition coefficient (Wildman–Crippen LogP) is 6.04. The second kappa shape index (κ2) is 9.96. The lowest BCUT2D eigenvalue weighted by Gasteiger charge is -2.41. The van der Waals surface area contributed by atoms with Crippen LogP contribution in [-0.4, -0.2) is 24.1 Å². The van der Waals surface area contributed by atoms with E-state index in [1.807, 2.05) is 61.5 Å². The molecule has 2 aliphatic rings. The van der Waals surface area contributed by atoms with Gasteiger partial charge in [0, 0.05) is 23.7 Å². The summed E-state index contributed by atoms with van der Waals surface area (Å²) in [6.07, 6.45) is 2.13. The molecule has 4 rings (SSSR count). The van der Waals surface area contributed by atoms with Gasteiger partial charge in [-0.3, -0.25) is 9.79 Å². The van der Waals surface area contributed by atoms with Crippen molar-refractivity contribution < 1.29 is 19.1 Å². The molecule has 5 nitrogen and oxygen atoms in total. The fraction of sp³-hybridized carbons (Fsp3) is 0.414. The first-order chi connectivity index (χ1) is 16.3. The molecule has 1 fully saturated rings. The van der Waals surface area contributed by atoms with Crippen molar-refractivity contribution in [1.29, 1.82) is 0 Å². The summed E-state index contributed by atoms with van der Waals surface area (Å²) in [7, 11) is 0. The molecule has 0 amide bonds. The van der Waals surface area contributed by atoms with Crippen molar-refractivity contribution in [2.45, 2.75) is 59.5 Å². The van der Waals surface area contributed by atoms with Crippen LogP contribution in [0.1, 0.15) is 64.0 Å². The Labute approximate surface area is 201 Å². The monoisotopic (exact) mass is 459 g/mol. The summed E-state index contributed by atoms with van der Waals surface area (Å²) < 4.78 is 11.5. The summed E-state index contributed by atoms with van der Waals surface area (Å²) >= 11 is 0. The maximum atomic E-state index is 13.4. The van der Waals surface area contributed by atoms with Crippen LogP contribution in [0.15, 0.2) is 70.9 Å². The Balaban J connectivity index is 1.70. The molecule has 1 saturated carbocycles. The molecule has 178 valence electrons. The van der Waals surface area contributed by atoms with Crippen LogP contribution >= 0.6 is 0 Å². The highest BCUT2D eigenvalue weighted by atomic mass is 16.5. The maximum absolute atomic E-state index is 13.4. The Morgan fingerprint density at radius 2 is 1.74 bits per heavy atom. The number of carbonyl (C=O) groups is 2. The number of esters is 1. The Bertz CT molecular complexity index is 1110. The first kappa shape index (κ1) is 23.9. The molecule has 0 bridgehead atoms. The summed E-state index contributed by atoms with van der Waals surface area (Å²) in [5.74, 6) is -0.372. The van der Waals surface area contributed by atoms with Gasteiger partial charge in [0.2, 0.25) is 0 Å². The van der Waals surface area contributed by atoms with Gasteiger partial charge in [0.15, 0.2) is 0 Å². The van der Waals surface area contributed by atoms with E-state index in [2.05, 4.69) is 20.8 Å². The van der Waals surface area contributed by atoms with Crippen LogP contribution in [0.25, 0.3) is 0 Å². The van der Waals surface area contributed by atoms with Crippen LogP contribution in [0, 0.1) is 11.3 Å². The van der Waals surface area contributed by atoms with E-state index in [0.29, 0.717) is 24.3 Å². The second-order valence-electron chi connectivity index (χ2n) is 10.0. The van der Waals surface area contributed by atoms with Crippen molar-refractivity contribution in [3.63, 3.8) is 0 Å². The highest BCUT2D eigenvalue weighted by molar-refractivity contribution is 6.12. The average molecular weight is 460 g/mol. The maximum Gasteiger partial charge on any atom is 0.336 e. The van der Waals surface area contributed by atoms with Gasteiger partial charge < -0.3 is 9.47 Å². The minimum absolute atomic E-state index is 0.132. The molecule has 0 saturated heterocycles. The standard InChI is InChI=1S/C29H33NO4/c1-5-15-33-22-13-11-21(12-14-22)26-25(28(32)34-18-20-9-7-6-8-10-20)19(2)30-23-16-29(3,4)17-24(31)27(23)26/h6-14,26-27H,5,15-18H2,1-4H3/t26-,27?/m1/s1. The lowest BCUT2D eigenvalue weighted by Crippen LogP contribution is -2.44. The fourth-order valence-electron chi connectivity index (χ4n) is 5.01. The van der Waals surface area contributed by atoms with Crippen LogP contribution in [0.4, 0.5) is 0 Å². The molecule has 1 aliphatic carbocycles. The molecule has 2 aromatic carbocycles. The molecule has 2 aromatic rings. The normalized spacial score (nSPS) is 21.5. The van der Waals surface area contributed by atoms with E-state index in [1.165, 1.54) is 0 Å². The summed E-state index contributed by atoms with van der Waals surface area (Å²) in [6.45, 7) is 8.93. The minimum Gasteiger partial charge on any atom is -0.494 e. The number of benzene rings is 2. The number of aliphatic imine (C=N–C) groups is 1. The topological polar surface area (TPSA) is 65.0 Å². The van der Waals surface area contributed by atoms with Crippen LogP contribution < -0.4 is 4.74 Å². The van der Waals surface area contributed by atoms with Crippen LogP contribution in [-0.2, 0) is 20.9 Å². The van der Waals surface area contributed by atoms with E-state index in [-0.39, 0.29) is 17.8 Å². The number of ketones is 1. The number of fused-ring (bicyclic) bond motifs is 1. The molecule has 5 heteroatoms. The second-order valence-corrected chi connectivity index (χ2v) is 10.0. The Morgan fingerprint density at radius 3 is 2.41 bits per heavy atom. The van der Waals surface area contributed by atoms with Gasteiger partial charge in [0.25, 0.3) is 0 Å². The molecule has 0 spiro atoms. The third kappa shape index (κ3) is 5.14. The molecule has 2 atom stereocenters. The van der Waals surface area contributed by atoms with Crippen molar-refractivity contribution >= 4 is 17.5 Å². The van der Waals surface area contributed by atoms with Crippen LogP contribution in [0.3, 0.4) is 0 Å². The van der Waals surface area contributed by atoms with Crippen molar-refractivity contribution in [3.8, 4) is 5.75 Å². The Kier molecular flexibility index (Phi) is 7.01. The summed E-state index contributed by atoms with van der Waals surface area (Å²) in [4.78, 5) is 31.6. The number of nitrogens with zero attached hydrogens (tertiary/aromatic N) is 1. The molecule has 0 aromatic heterocycles. The predicted molar refractivity (Wildman–Crippen MR) is 133 cm³/mol. The average Bonchev–Trinajstić information content (AvgIpc) is 2.80. The van der Waals surface area contributed by atoms with E-state index >= 15 is 0 Å². The van der Waals surface area contributed by atoms with Crippen molar-refractivity contribution in [1.82, 2.24) is 0 Å². The third-order valence-electron chi connectivity index (χ3n) is 6.51. The van der Waals surface area contributed by atoms with Gasteiger partial charge in [0.1, 0.15) is 18.1 Å². The highest BCUT2D eigenvalue weighted by Crippen LogP contribution is 2.47. The van der Waals surface area contributed by atoms with Crippen molar-refractivity contribution in [2.75, 3.05) is 6.61 Å². The zero-order valence-corrected chi connectivity index (χ0v) is 20.5. The largest absolute Gasteiger partial charge is 0.494 e. The lowest BCUT2D eigenvalue weighted by molar-refractivity contribution is -0.140. The zero-order valence-electron chi connectivity index (χ0n) is 20.5. The number of hydrogen-bond acceptors (Lipinski definition) is 5. The number of allylic oxidation sites excluding steroid dienone is 1. The van der Waals surface area contributed by atoms with Gasteiger partial charge in [-0.15, -0.1) is 0 Å². The Hall–Kier alpha value is -3.21. The lowest BCUT2D eigenvalue weighted by atomic mass is 9.63. The summed E-state index contributed by atoms with van der Waals surface area (Å²) in [5.41, 5.74) is 3.65. The molecule has 1 unspecified atom stereocenters. The quantitative estimate of drug-likeness (QED) is 0.474. The van der Waals surface area contributed by atoms with Crippen molar-refractivity contribution in [3.05, 3.63) is 77.0 Å². The van der Waals surface area contributed by atoms with Crippen molar-refractivity contribution in [2.24, 2.45) is 16.3 Å². The number of ether oxygens (including phenoxy) is 2. The van der Waals surface area contributed by atoms with Crippen LogP contribution in [0.2, 0.25) is 0 Å². The zero-order chi connectivity index (χ0) is 24.3. The molecular weight excluding hydrogens is 426 g/mol. The van der Waals surface area contributed by atoms with Gasteiger partial charge in [-0.05, 0) is 48.4 Å². The van der Waals surface area contributed by atoms with E-state index in [0.717, 1.165) is 35.4 Å². The SMILES string of the molecule is CCCOc1ccc([C@@H]2C(C(=O)OCc3ccccc3)=C(C)N=C3CC(C)(C)CC(=O)C32)cc1. The highest BCUT2D eigenvalue weighted by Gasteiger charge is 2.47. The molecular formula is C29H33NO4. The molecule has 34 heavy (non-hydrogen) atoms. The first-order valence-electron chi connectivity index (χ1n) is 12.0. The summed E-state index contributed by atoms with van der Waals surface area (Å²) in [5, 5.41) is 0. The number of rotatable bonds is 7. The minimum atomic E-state index is -0.446. The van der Waals surface area contributed by atoms with Gasteiger partial charge in [-0.1, -0.05) is 63.2 Å². The molecule has 0 radical (unpaired) electrons. The summed E-state index contributed by atoms with van der Waals surface area (Å²) in [6, 6.07) is 17.3.